The van der Waals surface area contributed by atoms with Crippen molar-refractivity contribution in [3.05, 3.63) is 48.6 Å². The van der Waals surface area contributed by atoms with Crippen molar-refractivity contribution >= 4 is 5.91 Å². The highest BCUT2D eigenvalue weighted by Gasteiger charge is 2.12. The van der Waals surface area contributed by atoms with Gasteiger partial charge in [0.2, 0.25) is 5.91 Å². The highest BCUT2D eigenvalue weighted by Crippen LogP contribution is 1.98. The molecule has 0 aromatic rings. The van der Waals surface area contributed by atoms with Crippen molar-refractivity contribution in [3.8, 4) is 0 Å². The zero-order valence-electron chi connectivity index (χ0n) is 13.5. The number of rotatable bonds is 10. The van der Waals surface area contributed by atoms with Crippen molar-refractivity contribution in [1.29, 1.82) is 0 Å². The minimum atomic E-state index is -0.877. The van der Waals surface area contributed by atoms with E-state index in [9.17, 15) is 9.90 Å². The zero-order valence-corrected chi connectivity index (χ0v) is 13.5. The molecule has 0 fully saturated rings. The van der Waals surface area contributed by atoms with Crippen molar-refractivity contribution < 1.29 is 9.90 Å². The van der Waals surface area contributed by atoms with Crippen molar-refractivity contribution in [1.82, 2.24) is 5.32 Å². The van der Waals surface area contributed by atoms with Crippen LogP contribution >= 0.6 is 0 Å². The Bertz CT molecular complexity index is 385. The van der Waals surface area contributed by atoms with Gasteiger partial charge in [0.25, 0.3) is 0 Å². The van der Waals surface area contributed by atoms with Crippen molar-refractivity contribution in [2.75, 3.05) is 6.54 Å². The molecule has 2 N–H and O–H groups in total. The van der Waals surface area contributed by atoms with Gasteiger partial charge in [-0.2, -0.15) is 0 Å². The first-order valence-electron chi connectivity index (χ1n) is 7.59. The smallest absolute Gasteiger partial charge is 0.244 e. The van der Waals surface area contributed by atoms with E-state index >= 15 is 0 Å². The summed E-state index contributed by atoms with van der Waals surface area (Å²) in [6.45, 7) is 5.69. The molecule has 0 spiro atoms. The fourth-order valence-electron chi connectivity index (χ4n) is 1.43. The maximum atomic E-state index is 11.4. The van der Waals surface area contributed by atoms with Gasteiger partial charge in [0.1, 0.15) is 0 Å². The number of hydrogen-bond donors (Lipinski definition) is 2. The van der Waals surface area contributed by atoms with Gasteiger partial charge in [0.15, 0.2) is 0 Å². The van der Waals surface area contributed by atoms with E-state index in [0.29, 0.717) is 0 Å². The lowest BCUT2D eigenvalue weighted by molar-refractivity contribution is -0.117. The highest BCUT2D eigenvalue weighted by atomic mass is 16.3. The SMILES string of the molecule is CC/C=C/C/C=C/CC/C=C/C=C/C(=O)NCC(C)(C)O. The molecule has 0 aliphatic heterocycles. The molecule has 0 aliphatic carbocycles. The molecule has 0 bridgehead atoms. The number of carbonyl (C=O) groups is 1. The molecule has 0 aliphatic rings. The molecule has 3 heteroatoms. The van der Waals surface area contributed by atoms with Crippen LogP contribution in [0.25, 0.3) is 0 Å². The molecule has 0 rings (SSSR count). The average molecular weight is 291 g/mol. The van der Waals surface area contributed by atoms with E-state index in [1.807, 2.05) is 12.2 Å². The number of unbranched alkanes of at least 4 members (excludes halogenated alkanes) is 1. The third-order valence-corrected chi connectivity index (χ3v) is 2.53. The van der Waals surface area contributed by atoms with Gasteiger partial charge in [-0.3, -0.25) is 4.79 Å². The largest absolute Gasteiger partial charge is 0.389 e. The lowest BCUT2D eigenvalue weighted by atomic mass is 10.1. The van der Waals surface area contributed by atoms with Crippen LogP contribution in [-0.4, -0.2) is 23.2 Å². The van der Waals surface area contributed by atoms with Crippen molar-refractivity contribution in [2.45, 2.75) is 52.1 Å². The first-order chi connectivity index (χ1) is 9.95. The molecule has 0 unspecified atom stereocenters. The van der Waals surface area contributed by atoms with Gasteiger partial charge in [0, 0.05) is 12.6 Å². The van der Waals surface area contributed by atoms with Crippen LogP contribution in [0.15, 0.2) is 48.6 Å². The summed E-state index contributed by atoms with van der Waals surface area (Å²) in [5, 5.41) is 12.1. The van der Waals surface area contributed by atoms with Crippen LogP contribution < -0.4 is 5.32 Å². The van der Waals surface area contributed by atoms with E-state index in [1.165, 1.54) is 6.08 Å². The zero-order chi connectivity index (χ0) is 16.0. The molecular formula is C18H29NO2. The molecule has 1 amide bonds. The van der Waals surface area contributed by atoms with Crippen molar-refractivity contribution in [3.63, 3.8) is 0 Å². The van der Waals surface area contributed by atoms with Crippen LogP contribution in [0.5, 0.6) is 0 Å². The Kier molecular flexibility index (Phi) is 11.2. The lowest BCUT2D eigenvalue weighted by Crippen LogP contribution is -2.37. The molecule has 0 atom stereocenters. The molecule has 0 saturated carbocycles. The number of allylic oxidation sites excluding steroid dienone is 7. The highest BCUT2D eigenvalue weighted by molar-refractivity contribution is 5.87. The summed E-state index contributed by atoms with van der Waals surface area (Å²) in [5.74, 6) is -0.190. The number of aliphatic hydroxyl groups is 1. The van der Waals surface area contributed by atoms with Crippen LogP contribution in [0.3, 0.4) is 0 Å². The molecule has 0 radical (unpaired) electrons. The van der Waals surface area contributed by atoms with Crippen LogP contribution in [0, 0.1) is 0 Å². The van der Waals surface area contributed by atoms with Gasteiger partial charge >= 0.3 is 0 Å². The minimum absolute atomic E-state index is 0.190. The number of carbonyl (C=O) groups excluding carboxylic acids is 1. The first-order valence-corrected chi connectivity index (χ1v) is 7.59. The summed E-state index contributed by atoms with van der Waals surface area (Å²) in [5.41, 5.74) is -0.877. The predicted octanol–water partition coefficient (Wildman–Crippen LogP) is 3.68. The Morgan fingerprint density at radius 2 is 1.71 bits per heavy atom. The minimum Gasteiger partial charge on any atom is -0.389 e. The summed E-state index contributed by atoms with van der Waals surface area (Å²) in [4.78, 5) is 11.4. The van der Waals surface area contributed by atoms with E-state index in [1.54, 1.807) is 19.9 Å². The number of nitrogens with one attached hydrogen (secondary N) is 1. The monoisotopic (exact) mass is 291 g/mol. The van der Waals surface area contributed by atoms with Crippen LogP contribution in [-0.2, 0) is 4.79 Å². The molecular weight excluding hydrogens is 262 g/mol. The molecule has 21 heavy (non-hydrogen) atoms. The van der Waals surface area contributed by atoms with Gasteiger partial charge in [-0.25, -0.2) is 0 Å². The molecule has 3 nitrogen and oxygen atoms in total. The van der Waals surface area contributed by atoms with E-state index in [-0.39, 0.29) is 12.5 Å². The second-order valence-corrected chi connectivity index (χ2v) is 5.48. The van der Waals surface area contributed by atoms with E-state index in [2.05, 4.69) is 36.5 Å². The van der Waals surface area contributed by atoms with Crippen molar-refractivity contribution in [2.24, 2.45) is 0 Å². The topological polar surface area (TPSA) is 49.3 Å². The Morgan fingerprint density at radius 3 is 2.38 bits per heavy atom. The van der Waals surface area contributed by atoms with Gasteiger partial charge in [0.05, 0.1) is 5.60 Å². The van der Waals surface area contributed by atoms with E-state index in [0.717, 1.165) is 25.7 Å². The molecule has 0 heterocycles. The van der Waals surface area contributed by atoms with Gasteiger partial charge < -0.3 is 10.4 Å². The fourth-order valence-corrected chi connectivity index (χ4v) is 1.43. The van der Waals surface area contributed by atoms with E-state index in [4.69, 9.17) is 0 Å². The lowest BCUT2D eigenvalue weighted by Gasteiger charge is -2.16. The Morgan fingerprint density at radius 1 is 1.05 bits per heavy atom. The Balaban J connectivity index is 3.69. The van der Waals surface area contributed by atoms with Crippen LogP contribution in [0.4, 0.5) is 0 Å². The maximum Gasteiger partial charge on any atom is 0.244 e. The summed E-state index contributed by atoms with van der Waals surface area (Å²) in [6.07, 6.45) is 19.8. The van der Waals surface area contributed by atoms with Gasteiger partial charge in [-0.15, -0.1) is 0 Å². The van der Waals surface area contributed by atoms with Crippen LogP contribution in [0.1, 0.15) is 46.5 Å². The van der Waals surface area contributed by atoms with Gasteiger partial charge in [-0.1, -0.05) is 49.5 Å². The third-order valence-electron chi connectivity index (χ3n) is 2.53. The molecule has 0 aromatic heterocycles. The van der Waals surface area contributed by atoms with E-state index < -0.39 is 5.60 Å². The predicted molar refractivity (Wildman–Crippen MR) is 90.0 cm³/mol. The summed E-state index contributed by atoms with van der Waals surface area (Å²) in [6, 6.07) is 0. The second-order valence-electron chi connectivity index (χ2n) is 5.48. The van der Waals surface area contributed by atoms with Crippen LogP contribution in [0.2, 0.25) is 0 Å². The summed E-state index contributed by atoms with van der Waals surface area (Å²) >= 11 is 0. The first kappa shape index (κ1) is 19.4. The number of hydrogen-bond acceptors (Lipinski definition) is 2. The summed E-state index contributed by atoms with van der Waals surface area (Å²) in [7, 11) is 0. The molecule has 0 saturated heterocycles. The van der Waals surface area contributed by atoms with Gasteiger partial charge in [-0.05, 0) is 39.5 Å². The molecule has 118 valence electrons. The maximum absolute atomic E-state index is 11.4. The fraction of sp³-hybridized carbons (Fsp3) is 0.500. The average Bonchev–Trinajstić information content (AvgIpc) is 2.42. The normalized spacial score (nSPS) is 13.1. The Labute approximate surface area is 129 Å². The number of amides is 1. The Hall–Kier alpha value is -1.61. The second kappa shape index (κ2) is 12.2. The summed E-state index contributed by atoms with van der Waals surface area (Å²) < 4.78 is 0. The third kappa shape index (κ3) is 16.3. The quantitative estimate of drug-likeness (QED) is 0.279. The molecule has 0 aromatic carbocycles. The standard InChI is InChI=1S/C18H29NO2/c1-4-5-6-7-8-9-10-11-12-13-14-15-17(20)19-16-18(2,3)21/h5-6,8-9,12-15,21H,4,7,10-11,16H2,1-3H3,(H,19,20)/b6-5+,9-8+,13-12+,15-14+.